The predicted molar refractivity (Wildman–Crippen MR) is 127 cm³/mol. The molecule has 1 saturated heterocycles. The number of aromatic nitrogens is 4. The Morgan fingerprint density at radius 3 is 2.76 bits per heavy atom. The van der Waals surface area contributed by atoms with Crippen LogP contribution in [0.4, 0.5) is 17.3 Å². The van der Waals surface area contributed by atoms with Crippen molar-refractivity contribution in [2.75, 3.05) is 30.9 Å². The summed E-state index contributed by atoms with van der Waals surface area (Å²) in [7, 11) is 1.74. The molecule has 0 spiro atoms. The van der Waals surface area contributed by atoms with Gasteiger partial charge < -0.3 is 30.4 Å². The lowest BCUT2D eigenvalue weighted by Crippen LogP contribution is -2.58. The molecule has 4 heterocycles. The highest BCUT2D eigenvalue weighted by Gasteiger charge is 2.42. The van der Waals surface area contributed by atoms with E-state index in [-0.39, 0.29) is 29.1 Å². The lowest BCUT2D eigenvalue weighted by atomic mass is 9.76. The van der Waals surface area contributed by atoms with Crippen LogP contribution < -0.4 is 21.5 Å². The zero-order chi connectivity index (χ0) is 23.9. The van der Waals surface area contributed by atoms with E-state index in [0.29, 0.717) is 49.0 Å². The minimum Gasteiger partial charge on any atom is -0.388 e. The summed E-state index contributed by atoms with van der Waals surface area (Å²) in [5, 5.41) is 23.6. The Labute approximate surface area is 196 Å². The minimum absolute atomic E-state index is 0.0974. The average molecular weight is 468 g/mol. The van der Waals surface area contributed by atoms with Crippen LogP contribution >= 0.6 is 0 Å². The molecule has 3 aromatic rings. The van der Waals surface area contributed by atoms with E-state index < -0.39 is 5.60 Å². The van der Waals surface area contributed by atoms with Crippen molar-refractivity contribution in [2.24, 2.45) is 0 Å². The largest absolute Gasteiger partial charge is 0.388 e. The Kier molecular flexibility index (Phi) is 5.74. The molecule has 1 aliphatic carbocycles. The Bertz CT molecular complexity index is 1280. The van der Waals surface area contributed by atoms with Crippen LogP contribution in [0.15, 0.2) is 35.4 Å². The molecule has 4 N–H and O–H groups in total. The monoisotopic (exact) mass is 467 g/mol. The molecule has 11 nitrogen and oxygen atoms in total. The number of ether oxygens (including phenoxy) is 1. The quantitative estimate of drug-likeness (QED) is 0.430. The fourth-order valence-electron chi connectivity index (χ4n) is 4.53. The van der Waals surface area contributed by atoms with Crippen molar-refractivity contribution >= 4 is 28.9 Å². The number of pyridine rings is 1. The van der Waals surface area contributed by atoms with Gasteiger partial charge in [0.15, 0.2) is 5.65 Å². The van der Waals surface area contributed by atoms with Crippen molar-refractivity contribution in [1.82, 2.24) is 24.5 Å². The van der Waals surface area contributed by atoms with Crippen molar-refractivity contribution in [3.63, 3.8) is 0 Å². The summed E-state index contributed by atoms with van der Waals surface area (Å²) >= 11 is 0. The summed E-state index contributed by atoms with van der Waals surface area (Å²) in [5.74, 6) is 0.653. The minimum atomic E-state index is -0.910. The van der Waals surface area contributed by atoms with Crippen LogP contribution in [-0.2, 0) is 4.74 Å². The number of hydrogen-bond donors (Lipinski definition) is 4. The molecular weight excluding hydrogens is 438 g/mol. The second-order valence-corrected chi connectivity index (χ2v) is 9.10. The normalized spacial score (nSPS) is 22.9. The smallest absolute Gasteiger partial charge is 0.274 e. The highest BCUT2D eigenvalue weighted by molar-refractivity contribution is 6.00. The molecular formula is C23H29N7O4. The molecule has 11 heteroatoms. The zero-order valence-corrected chi connectivity index (χ0v) is 19.2. The number of anilines is 3. The van der Waals surface area contributed by atoms with Crippen LogP contribution in [-0.4, -0.2) is 62.1 Å². The van der Waals surface area contributed by atoms with Gasteiger partial charge in [0, 0.05) is 38.6 Å². The molecule has 34 heavy (non-hydrogen) atoms. The first-order valence-corrected chi connectivity index (χ1v) is 11.5. The molecule has 1 aliphatic heterocycles. The molecule has 1 amide bonds. The van der Waals surface area contributed by atoms with Gasteiger partial charge in [0.2, 0.25) is 0 Å². The molecule has 2 aliphatic rings. The first kappa shape index (κ1) is 22.4. The van der Waals surface area contributed by atoms with Crippen LogP contribution in [0.25, 0.3) is 5.65 Å². The maximum Gasteiger partial charge on any atom is 0.274 e. The summed E-state index contributed by atoms with van der Waals surface area (Å²) in [6.45, 7) is 2.99. The predicted octanol–water partition coefficient (Wildman–Crippen LogP) is 1.67. The number of carbonyl (C=O) groups is 1. The average Bonchev–Trinajstić information content (AvgIpc) is 3.27. The molecule has 0 aromatic carbocycles. The fourth-order valence-corrected chi connectivity index (χ4v) is 4.53. The highest BCUT2D eigenvalue weighted by Crippen LogP contribution is 2.32. The maximum absolute atomic E-state index is 13.1. The summed E-state index contributed by atoms with van der Waals surface area (Å²) in [6.07, 6.45) is 6.20. The zero-order valence-electron chi connectivity index (χ0n) is 19.2. The number of nitrogens with zero attached hydrogens (tertiary/aromatic N) is 4. The summed E-state index contributed by atoms with van der Waals surface area (Å²) in [6, 6.07) is 5.06. The summed E-state index contributed by atoms with van der Waals surface area (Å²) in [5.41, 5.74) is -0.0289. The number of hydrogen-bond acceptors (Lipinski definition) is 8. The van der Waals surface area contributed by atoms with Gasteiger partial charge >= 0.3 is 0 Å². The van der Waals surface area contributed by atoms with E-state index >= 15 is 0 Å². The molecule has 180 valence electrons. The molecule has 1 saturated carbocycles. The summed E-state index contributed by atoms with van der Waals surface area (Å²) < 4.78 is 8.69. The van der Waals surface area contributed by atoms with Crippen LogP contribution in [0.5, 0.6) is 0 Å². The first-order chi connectivity index (χ1) is 16.4. The molecule has 1 unspecified atom stereocenters. The molecule has 5 rings (SSSR count). The number of amides is 1. The van der Waals surface area contributed by atoms with E-state index in [2.05, 4.69) is 26.0 Å². The Balaban J connectivity index is 1.46. The van der Waals surface area contributed by atoms with Gasteiger partial charge in [0.05, 0.1) is 17.8 Å². The van der Waals surface area contributed by atoms with Gasteiger partial charge in [-0.15, -0.1) is 0 Å². The van der Waals surface area contributed by atoms with E-state index in [9.17, 15) is 14.7 Å². The second kappa shape index (κ2) is 8.73. The SMILES string of the molecule is CNc1cc(Nc2cccn(C3CCOCC3)c2=O)nc2c(C(=O)NC3CC[C@@]3(C)O)cnn12. The lowest BCUT2D eigenvalue weighted by Gasteiger charge is -2.42. The number of nitrogens with one attached hydrogen (secondary N) is 3. The number of carbonyl (C=O) groups excluding carboxylic acids is 1. The molecule has 3 aromatic heterocycles. The lowest BCUT2D eigenvalue weighted by molar-refractivity contribution is -0.0486. The van der Waals surface area contributed by atoms with E-state index in [1.165, 1.54) is 10.7 Å². The van der Waals surface area contributed by atoms with Gasteiger partial charge in [0.25, 0.3) is 11.5 Å². The number of aliphatic hydroxyl groups is 1. The highest BCUT2D eigenvalue weighted by atomic mass is 16.5. The number of rotatable bonds is 6. The van der Waals surface area contributed by atoms with Crippen molar-refractivity contribution < 1.29 is 14.6 Å². The van der Waals surface area contributed by atoms with Gasteiger partial charge in [-0.3, -0.25) is 9.59 Å². The van der Waals surface area contributed by atoms with Gasteiger partial charge in [-0.25, -0.2) is 4.98 Å². The first-order valence-electron chi connectivity index (χ1n) is 11.5. The number of fused-ring (bicyclic) bond motifs is 1. The fraction of sp³-hybridized carbons (Fsp3) is 0.478. The third-order valence-electron chi connectivity index (χ3n) is 6.79. The van der Waals surface area contributed by atoms with E-state index in [0.717, 1.165) is 12.8 Å². The third-order valence-corrected chi connectivity index (χ3v) is 6.79. The van der Waals surface area contributed by atoms with Crippen molar-refractivity contribution in [3.05, 3.63) is 46.5 Å². The Morgan fingerprint density at radius 1 is 1.29 bits per heavy atom. The van der Waals surface area contributed by atoms with Crippen LogP contribution in [0.1, 0.15) is 49.0 Å². The molecule has 0 bridgehead atoms. The molecule has 2 fully saturated rings. The van der Waals surface area contributed by atoms with Crippen LogP contribution in [0.2, 0.25) is 0 Å². The van der Waals surface area contributed by atoms with Gasteiger partial charge in [-0.2, -0.15) is 9.61 Å². The van der Waals surface area contributed by atoms with Crippen molar-refractivity contribution in [2.45, 2.75) is 50.3 Å². The Hall–Kier alpha value is -3.44. The molecule has 0 radical (unpaired) electrons. The van der Waals surface area contributed by atoms with Crippen molar-refractivity contribution in [3.8, 4) is 0 Å². The van der Waals surface area contributed by atoms with E-state index in [1.807, 2.05) is 6.07 Å². The molecule has 2 atom stereocenters. The van der Waals surface area contributed by atoms with E-state index in [1.54, 1.807) is 36.9 Å². The second-order valence-electron chi connectivity index (χ2n) is 9.10. The third kappa shape index (κ3) is 4.01. The van der Waals surface area contributed by atoms with Crippen LogP contribution in [0, 0.1) is 0 Å². The van der Waals surface area contributed by atoms with Crippen molar-refractivity contribution in [1.29, 1.82) is 0 Å². The standard InChI is InChI=1S/C23H29N7O4/c1-23(33)8-5-17(23)27-21(31)15-13-25-30-19(24-2)12-18(28-20(15)30)26-16-4-3-9-29(22(16)32)14-6-10-34-11-7-14/h3-4,9,12-14,17,24,33H,5-8,10-11H2,1-2H3,(H,26,28)(H,27,31)/t17?,23-/m1/s1. The van der Waals surface area contributed by atoms with Gasteiger partial charge in [0.1, 0.15) is 22.9 Å². The topological polar surface area (TPSA) is 135 Å². The van der Waals surface area contributed by atoms with Gasteiger partial charge in [-0.1, -0.05) is 0 Å². The maximum atomic E-state index is 13.1. The van der Waals surface area contributed by atoms with E-state index in [4.69, 9.17) is 4.74 Å². The van der Waals surface area contributed by atoms with Crippen LogP contribution in [0.3, 0.4) is 0 Å². The van der Waals surface area contributed by atoms with Gasteiger partial charge in [-0.05, 0) is 44.7 Å². The Morgan fingerprint density at radius 2 is 2.09 bits per heavy atom. The summed E-state index contributed by atoms with van der Waals surface area (Å²) in [4.78, 5) is 30.7.